The van der Waals surface area contributed by atoms with Crippen LogP contribution < -0.4 is 5.46 Å². The monoisotopic (exact) mass is 268 g/mol. The highest BCUT2D eigenvalue weighted by molar-refractivity contribution is 6.62. The molecule has 1 aromatic rings. The van der Waals surface area contributed by atoms with Crippen molar-refractivity contribution in [2.24, 2.45) is 0 Å². The van der Waals surface area contributed by atoms with Gasteiger partial charge in [-0.05, 0) is 40.1 Å². The summed E-state index contributed by atoms with van der Waals surface area (Å²) in [6.07, 6.45) is -2.53. The van der Waals surface area contributed by atoms with Gasteiger partial charge in [-0.25, -0.2) is 8.78 Å². The molecule has 1 aromatic carbocycles. The molecule has 1 aliphatic rings. The minimum absolute atomic E-state index is 0.0153. The van der Waals surface area contributed by atoms with Crippen LogP contribution in [0.2, 0.25) is 0 Å². The van der Waals surface area contributed by atoms with Crippen molar-refractivity contribution in [3.8, 4) is 0 Å². The maximum atomic E-state index is 13.1. The summed E-state index contributed by atoms with van der Waals surface area (Å²) in [5.41, 5.74) is 0.150. The molecule has 0 spiro atoms. The Morgan fingerprint density at radius 2 is 1.58 bits per heavy atom. The van der Waals surface area contributed by atoms with Crippen LogP contribution in [-0.4, -0.2) is 18.3 Å². The Hall–Kier alpha value is -0.935. The lowest BCUT2D eigenvalue weighted by Crippen LogP contribution is -2.41. The Morgan fingerprint density at radius 3 is 2.05 bits per heavy atom. The first kappa shape index (κ1) is 14.5. The molecule has 1 heterocycles. The molecule has 1 saturated heterocycles. The van der Waals surface area contributed by atoms with E-state index in [4.69, 9.17) is 9.31 Å². The van der Waals surface area contributed by atoms with E-state index in [0.29, 0.717) is 5.46 Å². The first-order chi connectivity index (χ1) is 8.64. The maximum Gasteiger partial charge on any atom is 0.495 e. The average molecular weight is 268 g/mol. The molecule has 0 radical (unpaired) electrons. The highest BCUT2D eigenvalue weighted by atomic mass is 19.3. The number of rotatable bonds is 2. The second kappa shape index (κ2) is 4.56. The van der Waals surface area contributed by atoms with E-state index < -0.39 is 24.7 Å². The van der Waals surface area contributed by atoms with E-state index in [2.05, 4.69) is 0 Å². The number of aryl methyl sites for hydroxylation is 1. The molecule has 19 heavy (non-hydrogen) atoms. The Kier molecular flexibility index (Phi) is 3.48. The molecule has 2 nitrogen and oxygen atoms in total. The molecule has 0 atom stereocenters. The predicted octanol–water partition coefficient (Wildman–Crippen LogP) is 3.23. The Balaban J connectivity index is 2.39. The number of halogens is 2. The third-order valence-corrected chi connectivity index (χ3v) is 3.98. The molecule has 5 heteroatoms. The summed E-state index contributed by atoms with van der Waals surface area (Å²) >= 11 is 0. The van der Waals surface area contributed by atoms with Gasteiger partial charge >= 0.3 is 7.12 Å². The van der Waals surface area contributed by atoms with Gasteiger partial charge in [-0.1, -0.05) is 23.8 Å². The largest absolute Gasteiger partial charge is 0.495 e. The molecule has 0 aliphatic carbocycles. The Morgan fingerprint density at radius 1 is 1.05 bits per heavy atom. The summed E-state index contributed by atoms with van der Waals surface area (Å²) in [4.78, 5) is 0. The van der Waals surface area contributed by atoms with Gasteiger partial charge in [0, 0.05) is 5.56 Å². The molecule has 1 fully saturated rings. The molecule has 0 aromatic heterocycles. The lowest BCUT2D eigenvalue weighted by molar-refractivity contribution is 0.00578. The fraction of sp³-hybridized carbons (Fsp3) is 0.571. The van der Waals surface area contributed by atoms with Crippen molar-refractivity contribution in [1.29, 1.82) is 0 Å². The summed E-state index contributed by atoms with van der Waals surface area (Å²) in [7, 11) is -0.741. The Labute approximate surface area is 113 Å². The normalized spacial score (nSPS) is 21.2. The van der Waals surface area contributed by atoms with Crippen LogP contribution in [-0.2, 0) is 9.31 Å². The topological polar surface area (TPSA) is 18.5 Å². The van der Waals surface area contributed by atoms with Crippen LogP contribution in [0.4, 0.5) is 8.78 Å². The molecule has 0 amide bonds. The molecule has 0 N–H and O–H groups in total. The van der Waals surface area contributed by atoms with Crippen LogP contribution >= 0.6 is 0 Å². The zero-order valence-electron chi connectivity index (χ0n) is 12.0. The van der Waals surface area contributed by atoms with E-state index in [1.165, 1.54) is 6.07 Å². The molecule has 0 saturated carbocycles. The van der Waals surface area contributed by atoms with Crippen molar-refractivity contribution >= 4 is 12.6 Å². The minimum Gasteiger partial charge on any atom is -0.399 e. The van der Waals surface area contributed by atoms with E-state index >= 15 is 0 Å². The van der Waals surface area contributed by atoms with Crippen molar-refractivity contribution in [2.45, 2.75) is 52.2 Å². The highest BCUT2D eigenvalue weighted by Crippen LogP contribution is 2.37. The summed E-state index contributed by atoms with van der Waals surface area (Å²) in [6, 6.07) is 4.95. The van der Waals surface area contributed by atoms with E-state index in [-0.39, 0.29) is 5.56 Å². The van der Waals surface area contributed by atoms with Gasteiger partial charge in [0.1, 0.15) is 0 Å². The van der Waals surface area contributed by atoms with Crippen molar-refractivity contribution < 1.29 is 18.1 Å². The lowest BCUT2D eigenvalue weighted by Gasteiger charge is -2.32. The third kappa shape index (κ3) is 2.54. The van der Waals surface area contributed by atoms with Crippen LogP contribution in [0.3, 0.4) is 0 Å². The number of hydrogen-bond acceptors (Lipinski definition) is 2. The number of hydrogen-bond donors (Lipinski definition) is 0. The van der Waals surface area contributed by atoms with Gasteiger partial charge in [-0.3, -0.25) is 0 Å². The highest BCUT2D eigenvalue weighted by Gasteiger charge is 2.52. The third-order valence-electron chi connectivity index (χ3n) is 3.98. The van der Waals surface area contributed by atoms with Gasteiger partial charge < -0.3 is 9.31 Å². The molecule has 0 bridgehead atoms. The van der Waals surface area contributed by atoms with E-state index in [1.54, 1.807) is 19.1 Å². The first-order valence-corrected chi connectivity index (χ1v) is 6.38. The second-order valence-electron chi connectivity index (χ2n) is 6.02. The SMILES string of the molecule is Cc1ccc(B2OC(C)(C)C(C)(C)O2)c(C(F)F)c1. The zero-order valence-corrected chi connectivity index (χ0v) is 12.0. The molecular formula is C14H19BF2O2. The van der Waals surface area contributed by atoms with Crippen molar-refractivity contribution in [3.05, 3.63) is 29.3 Å². The van der Waals surface area contributed by atoms with Gasteiger partial charge in [-0.15, -0.1) is 0 Å². The molecule has 0 unspecified atom stereocenters. The lowest BCUT2D eigenvalue weighted by atomic mass is 9.75. The van der Waals surface area contributed by atoms with Crippen LogP contribution in [0.25, 0.3) is 0 Å². The first-order valence-electron chi connectivity index (χ1n) is 6.38. The summed E-state index contributed by atoms with van der Waals surface area (Å²) in [5, 5.41) is 0. The summed E-state index contributed by atoms with van der Waals surface area (Å²) in [5.74, 6) is 0. The number of benzene rings is 1. The minimum atomic E-state index is -2.53. The molecule has 1 aliphatic heterocycles. The summed E-state index contributed by atoms with van der Waals surface area (Å²) in [6.45, 7) is 9.42. The van der Waals surface area contributed by atoms with Crippen molar-refractivity contribution in [2.75, 3.05) is 0 Å². The smallest absolute Gasteiger partial charge is 0.399 e. The van der Waals surface area contributed by atoms with E-state index in [9.17, 15) is 8.78 Å². The molecular weight excluding hydrogens is 249 g/mol. The fourth-order valence-electron chi connectivity index (χ4n) is 2.07. The average Bonchev–Trinajstić information content (AvgIpc) is 2.47. The van der Waals surface area contributed by atoms with E-state index in [1.807, 2.05) is 27.7 Å². The standard InChI is InChI=1S/C14H19BF2O2/c1-9-6-7-11(10(8-9)12(16)17)15-18-13(2,3)14(4,5)19-15/h6-8,12H,1-5H3. The zero-order chi connectivity index (χ0) is 14.4. The van der Waals surface area contributed by atoms with Crippen molar-refractivity contribution in [3.63, 3.8) is 0 Å². The molecule has 2 rings (SSSR count). The predicted molar refractivity (Wildman–Crippen MR) is 71.9 cm³/mol. The van der Waals surface area contributed by atoms with Crippen LogP contribution in [0.5, 0.6) is 0 Å². The summed E-state index contributed by atoms with van der Waals surface area (Å²) < 4.78 is 37.9. The van der Waals surface area contributed by atoms with Gasteiger partial charge in [0.2, 0.25) is 0 Å². The van der Waals surface area contributed by atoms with Crippen LogP contribution in [0, 0.1) is 6.92 Å². The maximum absolute atomic E-state index is 13.1. The van der Waals surface area contributed by atoms with Gasteiger partial charge in [0.05, 0.1) is 11.2 Å². The van der Waals surface area contributed by atoms with Gasteiger partial charge in [0.15, 0.2) is 0 Å². The van der Waals surface area contributed by atoms with Crippen LogP contribution in [0.1, 0.15) is 45.2 Å². The number of alkyl halides is 2. The quantitative estimate of drug-likeness (QED) is 0.766. The van der Waals surface area contributed by atoms with Crippen molar-refractivity contribution in [1.82, 2.24) is 0 Å². The molecule has 104 valence electrons. The second-order valence-corrected chi connectivity index (χ2v) is 6.02. The van der Waals surface area contributed by atoms with Gasteiger partial charge in [-0.2, -0.15) is 0 Å². The fourth-order valence-corrected chi connectivity index (χ4v) is 2.07. The van der Waals surface area contributed by atoms with Crippen LogP contribution in [0.15, 0.2) is 18.2 Å². The Bertz CT molecular complexity index is 470. The van der Waals surface area contributed by atoms with E-state index in [0.717, 1.165) is 5.56 Å². The van der Waals surface area contributed by atoms with Gasteiger partial charge in [0.25, 0.3) is 6.43 Å².